The number of fused-ring (bicyclic) bond motifs is 2. The number of hydrogen-bond acceptors (Lipinski definition) is 9. The highest BCUT2D eigenvalue weighted by atomic mass is 32.1. The van der Waals surface area contributed by atoms with Gasteiger partial charge >= 0.3 is 5.69 Å². The fourth-order valence-electron chi connectivity index (χ4n) is 6.84. The summed E-state index contributed by atoms with van der Waals surface area (Å²) in [7, 11) is 1.59. The van der Waals surface area contributed by atoms with Gasteiger partial charge in [0.25, 0.3) is 5.56 Å². The Hall–Kier alpha value is -3.74. The van der Waals surface area contributed by atoms with Crippen molar-refractivity contribution in [1.29, 1.82) is 0 Å². The van der Waals surface area contributed by atoms with Gasteiger partial charge in [-0.05, 0) is 69.9 Å². The molecular weight excluding hydrogens is 572 g/mol. The molecule has 11 nitrogen and oxygen atoms in total. The quantitative estimate of drug-likeness (QED) is 0.292. The van der Waals surface area contributed by atoms with E-state index in [-0.39, 0.29) is 24.1 Å². The van der Waals surface area contributed by atoms with Crippen LogP contribution in [0, 0.1) is 18.8 Å². The molecule has 3 heterocycles. The van der Waals surface area contributed by atoms with Crippen LogP contribution in [0.25, 0.3) is 21.0 Å². The van der Waals surface area contributed by atoms with Gasteiger partial charge in [0.05, 0.1) is 42.3 Å². The van der Waals surface area contributed by atoms with Crippen molar-refractivity contribution in [3.63, 3.8) is 0 Å². The van der Waals surface area contributed by atoms with Crippen LogP contribution in [0.5, 0.6) is 5.75 Å². The van der Waals surface area contributed by atoms with Crippen molar-refractivity contribution in [2.75, 3.05) is 7.11 Å². The van der Waals surface area contributed by atoms with Gasteiger partial charge in [-0.1, -0.05) is 18.2 Å². The van der Waals surface area contributed by atoms with Gasteiger partial charge in [0.1, 0.15) is 28.5 Å². The molecule has 2 aliphatic carbocycles. The molecule has 0 radical (unpaired) electrons. The molecule has 0 bridgehead atoms. The largest absolute Gasteiger partial charge is 0.496 e. The summed E-state index contributed by atoms with van der Waals surface area (Å²) in [6, 6.07) is 7.51. The lowest BCUT2D eigenvalue weighted by Gasteiger charge is -2.28. The minimum atomic E-state index is -1.61. The Kier molecular flexibility index (Phi) is 7.55. The second-order valence-electron chi connectivity index (χ2n) is 12.1. The predicted octanol–water partition coefficient (Wildman–Crippen LogP) is 3.72. The van der Waals surface area contributed by atoms with E-state index in [1.165, 1.54) is 42.2 Å². The van der Waals surface area contributed by atoms with Crippen molar-refractivity contribution >= 4 is 27.5 Å². The van der Waals surface area contributed by atoms with Crippen molar-refractivity contribution in [2.45, 2.75) is 76.9 Å². The molecule has 228 valence electrons. The van der Waals surface area contributed by atoms with Crippen LogP contribution in [0.4, 0.5) is 0 Å². The number of para-hydroxylation sites is 1. The number of aliphatic hydroxyl groups is 1. The van der Waals surface area contributed by atoms with E-state index in [1.54, 1.807) is 14.0 Å². The first-order chi connectivity index (χ1) is 20.5. The molecule has 6 rings (SSSR count). The lowest BCUT2D eigenvalue weighted by molar-refractivity contribution is -0.125. The van der Waals surface area contributed by atoms with Crippen LogP contribution >= 0.6 is 11.3 Å². The molecule has 2 fully saturated rings. The molecule has 3 N–H and O–H groups in total. The smallest absolute Gasteiger partial charge is 0.333 e. The molecule has 0 spiro atoms. The van der Waals surface area contributed by atoms with Crippen LogP contribution in [0.3, 0.4) is 0 Å². The molecule has 3 aromatic heterocycles. The zero-order chi connectivity index (χ0) is 30.6. The second kappa shape index (κ2) is 11.1. The number of aromatic nitrogens is 3. The van der Waals surface area contributed by atoms with Crippen molar-refractivity contribution in [3.05, 3.63) is 68.7 Å². The Balaban J connectivity index is 1.52. The van der Waals surface area contributed by atoms with Crippen LogP contribution in [-0.2, 0) is 21.6 Å². The van der Waals surface area contributed by atoms with Crippen LogP contribution in [0.15, 0.2) is 50.7 Å². The maximum Gasteiger partial charge on any atom is 0.333 e. The van der Waals surface area contributed by atoms with Crippen LogP contribution < -0.4 is 21.7 Å². The number of nitrogens with zero attached hydrogens (tertiary/aromatic N) is 3. The number of ether oxygens (including phenoxy) is 2. The van der Waals surface area contributed by atoms with E-state index in [9.17, 15) is 19.5 Å². The van der Waals surface area contributed by atoms with E-state index < -0.39 is 28.8 Å². The van der Waals surface area contributed by atoms with Crippen molar-refractivity contribution in [3.8, 4) is 16.5 Å². The van der Waals surface area contributed by atoms with Gasteiger partial charge in [-0.25, -0.2) is 14.3 Å². The second-order valence-corrected chi connectivity index (χ2v) is 13.1. The summed E-state index contributed by atoms with van der Waals surface area (Å²) in [5.74, 6) is 0.924. The van der Waals surface area contributed by atoms with E-state index in [0.29, 0.717) is 38.7 Å². The highest BCUT2D eigenvalue weighted by Crippen LogP contribution is 2.47. The third-order valence-electron chi connectivity index (χ3n) is 9.14. The Morgan fingerprint density at radius 1 is 1.21 bits per heavy atom. The Morgan fingerprint density at radius 3 is 2.53 bits per heavy atom. The third-order valence-corrected chi connectivity index (χ3v) is 10.4. The predicted molar refractivity (Wildman–Crippen MR) is 161 cm³/mol. The molecule has 1 aromatic carbocycles. The van der Waals surface area contributed by atoms with E-state index >= 15 is 0 Å². The Bertz CT molecular complexity index is 1770. The minimum Gasteiger partial charge on any atom is -0.496 e. The number of aryl methyl sites for hydroxylation is 1. The SMILES string of the molecule is COc1ccccc1C(Cn1c(=O)n(C(C)(C)C(N)=O)c(=O)c2c(C)c(-c3ncco3)sc21)O[C@H]1C[C@H]2C[C@@H](O)C[C@H]2C1. The molecule has 4 aromatic rings. The highest BCUT2D eigenvalue weighted by molar-refractivity contribution is 7.22. The van der Waals surface area contributed by atoms with E-state index in [4.69, 9.17) is 19.6 Å². The summed E-state index contributed by atoms with van der Waals surface area (Å²) >= 11 is 1.23. The number of primary amides is 1. The van der Waals surface area contributed by atoms with Crippen LogP contribution in [0.2, 0.25) is 0 Å². The maximum absolute atomic E-state index is 14.3. The number of thiophene rings is 1. The van der Waals surface area contributed by atoms with E-state index in [2.05, 4.69) is 4.98 Å². The Labute approximate surface area is 251 Å². The molecule has 5 atom stereocenters. The van der Waals surface area contributed by atoms with Crippen molar-refractivity contribution in [1.82, 2.24) is 14.1 Å². The van der Waals surface area contributed by atoms with Crippen molar-refractivity contribution in [2.24, 2.45) is 17.6 Å². The van der Waals surface area contributed by atoms with Gasteiger partial charge in [0.2, 0.25) is 11.8 Å². The first kappa shape index (κ1) is 29.3. The average Bonchev–Trinajstić information content (AvgIpc) is 3.74. The fourth-order valence-corrected chi connectivity index (χ4v) is 8.08. The van der Waals surface area contributed by atoms with Gasteiger partial charge in [-0.15, -0.1) is 11.3 Å². The lowest BCUT2D eigenvalue weighted by atomic mass is 10.0. The topological polar surface area (TPSA) is 152 Å². The van der Waals surface area contributed by atoms with Crippen LogP contribution in [0.1, 0.15) is 56.8 Å². The van der Waals surface area contributed by atoms with Gasteiger partial charge in [-0.3, -0.25) is 14.2 Å². The number of hydrogen-bond donors (Lipinski definition) is 2. The molecule has 1 amide bonds. The molecule has 2 aliphatic rings. The number of rotatable bonds is 9. The number of aliphatic hydroxyl groups excluding tert-OH is 1. The summed E-state index contributed by atoms with van der Waals surface area (Å²) in [4.78, 5) is 46.1. The zero-order valence-corrected chi connectivity index (χ0v) is 25.4. The van der Waals surface area contributed by atoms with Gasteiger partial charge in [0.15, 0.2) is 0 Å². The summed E-state index contributed by atoms with van der Waals surface area (Å²) in [6.45, 7) is 4.75. The summed E-state index contributed by atoms with van der Waals surface area (Å²) < 4.78 is 20.5. The number of carbonyl (C=O) groups is 1. The number of nitrogens with two attached hydrogens (primary N) is 1. The summed E-state index contributed by atoms with van der Waals surface area (Å²) in [6.07, 6.45) is 5.18. The monoisotopic (exact) mass is 608 g/mol. The molecule has 0 saturated heterocycles. The summed E-state index contributed by atoms with van der Waals surface area (Å²) in [5, 5.41) is 10.4. The average molecular weight is 609 g/mol. The molecule has 43 heavy (non-hydrogen) atoms. The fraction of sp³-hybridized carbons (Fsp3) is 0.484. The molecule has 12 heteroatoms. The molecule has 1 unspecified atom stereocenters. The van der Waals surface area contributed by atoms with E-state index in [1.807, 2.05) is 24.3 Å². The number of carbonyl (C=O) groups excluding carboxylic acids is 1. The minimum absolute atomic E-state index is 0.0459. The normalized spacial score (nSPS) is 22.6. The molecule has 2 saturated carbocycles. The van der Waals surface area contributed by atoms with Crippen molar-refractivity contribution < 1.29 is 23.8 Å². The summed E-state index contributed by atoms with van der Waals surface area (Å²) in [5.41, 5.74) is 4.19. The van der Waals surface area contributed by atoms with Crippen LogP contribution in [-0.4, -0.2) is 44.4 Å². The maximum atomic E-state index is 14.3. The number of benzene rings is 1. The Morgan fingerprint density at radius 2 is 1.91 bits per heavy atom. The third kappa shape index (κ3) is 5.00. The number of oxazole rings is 1. The molecule has 0 aliphatic heterocycles. The first-order valence-electron chi connectivity index (χ1n) is 14.5. The number of amides is 1. The first-order valence-corrected chi connectivity index (χ1v) is 15.3. The van der Waals surface area contributed by atoms with Gasteiger partial charge in [0, 0.05) is 5.56 Å². The highest BCUT2D eigenvalue weighted by Gasteiger charge is 2.43. The lowest BCUT2D eigenvalue weighted by Crippen LogP contribution is -2.54. The zero-order valence-electron chi connectivity index (χ0n) is 24.6. The van der Waals surface area contributed by atoms with E-state index in [0.717, 1.165) is 35.8 Å². The standard InChI is InChI=1S/C31H36N4O7S/c1-16-24-27(37)35(31(2,3)29(32)38)30(39)34(28(24)43-25(16)26-33-9-10-41-26)15-23(21-7-5-6-8-22(21)40-4)42-20-13-17-11-19(36)12-18(17)14-20/h5-10,17-20,23,36H,11-15H2,1-4H3,(H2,32,38)/t17-,18+,19-,20+,23?. The van der Waals surface area contributed by atoms with Gasteiger partial charge < -0.3 is 24.7 Å². The number of methoxy groups -OCH3 is 1. The van der Waals surface area contributed by atoms with Gasteiger partial charge in [-0.2, -0.15) is 0 Å². The molecular formula is C31H36N4O7S.